The van der Waals surface area contributed by atoms with Gasteiger partial charge in [-0.15, -0.1) is 0 Å². The van der Waals surface area contributed by atoms with Crippen molar-refractivity contribution in [2.24, 2.45) is 0 Å². The molecule has 0 aliphatic rings. The molecule has 0 aliphatic heterocycles. The summed E-state index contributed by atoms with van der Waals surface area (Å²) in [4.78, 5) is 17.3. The van der Waals surface area contributed by atoms with Crippen molar-refractivity contribution in [2.75, 3.05) is 5.32 Å². The topological polar surface area (TPSA) is 75.1 Å². The standard InChI is InChI=1S/C12H6ClF4N3O2/c13-7-2-1-5(14)3-8(7)19-11-18-4-6(10(21)22)9(20-11)12(15,16)17/h1-4H,(H,21,22)(H,18,19,20). The molecule has 22 heavy (non-hydrogen) atoms. The fourth-order valence-corrected chi connectivity index (χ4v) is 1.69. The fourth-order valence-electron chi connectivity index (χ4n) is 1.53. The van der Waals surface area contributed by atoms with Crippen molar-refractivity contribution in [1.82, 2.24) is 9.97 Å². The summed E-state index contributed by atoms with van der Waals surface area (Å²) in [5.74, 6) is -3.06. The van der Waals surface area contributed by atoms with Crippen molar-refractivity contribution in [3.63, 3.8) is 0 Å². The van der Waals surface area contributed by atoms with Crippen LogP contribution in [0, 0.1) is 5.82 Å². The number of anilines is 2. The van der Waals surface area contributed by atoms with E-state index in [1.54, 1.807) is 0 Å². The molecule has 2 N–H and O–H groups in total. The molecule has 1 aromatic carbocycles. The molecule has 0 saturated carbocycles. The molecule has 0 aliphatic carbocycles. The van der Waals surface area contributed by atoms with E-state index in [0.29, 0.717) is 6.20 Å². The van der Waals surface area contributed by atoms with Gasteiger partial charge in [-0.1, -0.05) is 11.6 Å². The van der Waals surface area contributed by atoms with Gasteiger partial charge in [0.15, 0.2) is 5.69 Å². The first-order valence-electron chi connectivity index (χ1n) is 5.58. The number of hydrogen-bond donors (Lipinski definition) is 2. The minimum absolute atomic E-state index is 0.0286. The Labute approximate surface area is 125 Å². The van der Waals surface area contributed by atoms with Crippen LogP contribution in [0.5, 0.6) is 0 Å². The number of alkyl halides is 3. The Morgan fingerprint density at radius 1 is 1.32 bits per heavy atom. The molecule has 0 spiro atoms. The quantitative estimate of drug-likeness (QED) is 0.836. The molecule has 1 aromatic heterocycles. The summed E-state index contributed by atoms with van der Waals surface area (Å²) in [6.45, 7) is 0. The van der Waals surface area contributed by atoms with Crippen LogP contribution in [0.2, 0.25) is 5.02 Å². The average Bonchev–Trinajstić information content (AvgIpc) is 2.41. The lowest BCUT2D eigenvalue weighted by Crippen LogP contribution is -2.17. The average molecular weight is 336 g/mol. The highest BCUT2D eigenvalue weighted by molar-refractivity contribution is 6.33. The molecule has 0 fully saturated rings. The van der Waals surface area contributed by atoms with Crippen molar-refractivity contribution < 1.29 is 27.5 Å². The number of nitrogens with zero attached hydrogens (tertiary/aromatic N) is 2. The minimum Gasteiger partial charge on any atom is -0.478 e. The molecule has 1 heterocycles. The molecule has 0 atom stereocenters. The highest BCUT2D eigenvalue weighted by Gasteiger charge is 2.38. The third-order valence-electron chi connectivity index (χ3n) is 2.46. The summed E-state index contributed by atoms with van der Waals surface area (Å²) >= 11 is 5.76. The van der Waals surface area contributed by atoms with Gasteiger partial charge >= 0.3 is 12.1 Å². The summed E-state index contributed by atoms with van der Waals surface area (Å²) in [5.41, 5.74) is -2.77. The molecule has 0 bridgehead atoms. The van der Waals surface area contributed by atoms with E-state index in [2.05, 4.69) is 15.3 Å². The van der Waals surface area contributed by atoms with E-state index in [4.69, 9.17) is 16.7 Å². The Morgan fingerprint density at radius 2 is 2.00 bits per heavy atom. The molecule has 10 heteroatoms. The molecule has 116 valence electrons. The maximum atomic E-state index is 13.1. The highest BCUT2D eigenvalue weighted by atomic mass is 35.5. The zero-order chi connectivity index (χ0) is 16.5. The first-order chi connectivity index (χ1) is 10.2. The zero-order valence-electron chi connectivity index (χ0n) is 10.4. The SMILES string of the molecule is O=C(O)c1cnc(Nc2cc(F)ccc2Cl)nc1C(F)(F)F. The van der Waals surface area contributed by atoms with E-state index in [9.17, 15) is 22.4 Å². The number of aromatic carboxylic acids is 1. The number of carboxylic acid groups (broad SMARTS) is 1. The zero-order valence-corrected chi connectivity index (χ0v) is 11.2. The van der Waals surface area contributed by atoms with Crippen LogP contribution >= 0.6 is 11.6 Å². The number of carbonyl (C=O) groups is 1. The molecule has 0 radical (unpaired) electrons. The van der Waals surface area contributed by atoms with Crippen LogP contribution in [0.4, 0.5) is 29.2 Å². The van der Waals surface area contributed by atoms with Crippen molar-refractivity contribution in [3.05, 3.63) is 46.5 Å². The number of carboxylic acids is 1. The Hall–Kier alpha value is -2.42. The van der Waals surface area contributed by atoms with Crippen LogP contribution in [-0.2, 0) is 6.18 Å². The number of rotatable bonds is 3. The summed E-state index contributed by atoms with van der Waals surface area (Å²) in [6, 6.07) is 3.18. The summed E-state index contributed by atoms with van der Waals surface area (Å²) in [7, 11) is 0. The van der Waals surface area contributed by atoms with Crippen LogP contribution in [0.1, 0.15) is 16.1 Å². The van der Waals surface area contributed by atoms with Crippen LogP contribution in [0.25, 0.3) is 0 Å². The first-order valence-corrected chi connectivity index (χ1v) is 5.96. The smallest absolute Gasteiger partial charge is 0.434 e. The van der Waals surface area contributed by atoms with E-state index >= 15 is 0 Å². The Kier molecular flexibility index (Phi) is 4.18. The molecule has 0 amide bonds. The molecule has 5 nitrogen and oxygen atoms in total. The van der Waals surface area contributed by atoms with Crippen LogP contribution in [0.3, 0.4) is 0 Å². The predicted octanol–water partition coefficient (Wildman–Crippen LogP) is 3.73. The lowest BCUT2D eigenvalue weighted by molar-refractivity contribution is -0.141. The van der Waals surface area contributed by atoms with Crippen LogP contribution < -0.4 is 5.32 Å². The molecule has 0 unspecified atom stereocenters. The van der Waals surface area contributed by atoms with Gasteiger partial charge in [0.1, 0.15) is 11.4 Å². The Morgan fingerprint density at radius 3 is 2.59 bits per heavy atom. The van der Waals surface area contributed by atoms with Crippen molar-refractivity contribution >= 4 is 29.2 Å². The Balaban J connectivity index is 2.45. The number of nitrogens with one attached hydrogen (secondary N) is 1. The van der Waals surface area contributed by atoms with Gasteiger partial charge in [0.05, 0.1) is 10.7 Å². The second-order valence-electron chi connectivity index (χ2n) is 4.01. The van der Waals surface area contributed by atoms with Gasteiger partial charge in [0.2, 0.25) is 5.95 Å². The maximum Gasteiger partial charge on any atom is 0.434 e. The molecule has 2 rings (SSSR count). The van der Waals surface area contributed by atoms with E-state index < -0.39 is 35.2 Å². The number of halogens is 5. The second-order valence-corrected chi connectivity index (χ2v) is 4.42. The second kappa shape index (κ2) is 5.76. The van der Waals surface area contributed by atoms with Crippen molar-refractivity contribution in [1.29, 1.82) is 0 Å². The molecular weight excluding hydrogens is 330 g/mol. The molecule has 2 aromatic rings. The minimum atomic E-state index is -4.99. The maximum absolute atomic E-state index is 13.1. The van der Waals surface area contributed by atoms with Crippen molar-refractivity contribution in [3.8, 4) is 0 Å². The van der Waals surface area contributed by atoms with Gasteiger partial charge < -0.3 is 10.4 Å². The van der Waals surface area contributed by atoms with Gasteiger partial charge in [0, 0.05) is 6.20 Å². The van der Waals surface area contributed by atoms with Gasteiger partial charge in [-0.2, -0.15) is 13.2 Å². The Bertz CT molecular complexity index is 737. The van der Waals surface area contributed by atoms with Gasteiger partial charge in [0.25, 0.3) is 0 Å². The lowest BCUT2D eigenvalue weighted by Gasteiger charge is -2.12. The van der Waals surface area contributed by atoms with Gasteiger partial charge in [-0.05, 0) is 18.2 Å². The molecular formula is C12H6ClF4N3O2. The number of benzene rings is 1. The fraction of sp³-hybridized carbons (Fsp3) is 0.0833. The van der Waals surface area contributed by atoms with Crippen molar-refractivity contribution in [2.45, 2.75) is 6.18 Å². The van der Waals surface area contributed by atoms with Crippen LogP contribution in [-0.4, -0.2) is 21.0 Å². The number of aromatic nitrogens is 2. The molecule has 0 saturated heterocycles. The van der Waals surface area contributed by atoms with E-state index in [1.807, 2.05) is 0 Å². The van der Waals surface area contributed by atoms with Crippen LogP contribution in [0.15, 0.2) is 24.4 Å². The largest absolute Gasteiger partial charge is 0.478 e. The lowest BCUT2D eigenvalue weighted by atomic mass is 10.2. The van der Waals surface area contributed by atoms with Gasteiger partial charge in [-0.25, -0.2) is 19.2 Å². The predicted molar refractivity (Wildman–Crippen MR) is 68.7 cm³/mol. The highest BCUT2D eigenvalue weighted by Crippen LogP contribution is 2.32. The van der Waals surface area contributed by atoms with E-state index in [-0.39, 0.29) is 10.7 Å². The normalized spacial score (nSPS) is 11.3. The summed E-state index contributed by atoms with van der Waals surface area (Å²) in [5, 5.41) is 11.1. The number of hydrogen-bond acceptors (Lipinski definition) is 4. The summed E-state index contributed by atoms with van der Waals surface area (Å²) in [6.07, 6.45) is -4.48. The third kappa shape index (κ3) is 3.42. The monoisotopic (exact) mass is 335 g/mol. The third-order valence-corrected chi connectivity index (χ3v) is 2.79. The van der Waals surface area contributed by atoms with Gasteiger partial charge in [-0.3, -0.25) is 0 Å². The first kappa shape index (κ1) is 16.0. The van der Waals surface area contributed by atoms with E-state index in [1.165, 1.54) is 6.07 Å². The summed E-state index contributed by atoms with van der Waals surface area (Å²) < 4.78 is 51.5. The van der Waals surface area contributed by atoms with E-state index in [0.717, 1.165) is 12.1 Å².